The fourth-order valence-electron chi connectivity index (χ4n) is 4.51. The van der Waals surface area contributed by atoms with Crippen molar-refractivity contribution in [1.29, 1.82) is 0 Å². The van der Waals surface area contributed by atoms with Crippen molar-refractivity contribution in [1.82, 2.24) is 15.6 Å². The van der Waals surface area contributed by atoms with Crippen LogP contribution in [0.3, 0.4) is 0 Å². The summed E-state index contributed by atoms with van der Waals surface area (Å²) in [5.41, 5.74) is 12.0. The van der Waals surface area contributed by atoms with Crippen molar-refractivity contribution < 1.29 is 4.79 Å². The molecular weight excluding hydrogens is 394 g/mol. The number of hydrogen-bond acceptors (Lipinski definition) is 6. The summed E-state index contributed by atoms with van der Waals surface area (Å²) in [5.74, 6) is -0.0975. The summed E-state index contributed by atoms with van der Waals surface area (Å²) in [4.78, 5) is 21.2. The van der Waals surface area contributed by atoms with Crippen LogP contribution in [0.2, 0.25) is 0 Å². The maximum Gasteiger partial charge on any atom is 0.263 e. The number of fused-ring (bicyclic) bond motifs is 3. The average Bonchev–Trinajstić information content (AvgIpc) is 3.39. The minimum Gasteiger partial charge on any atom is -0.397 e. The van der Waals surface area contributed by atoms with E-state index >= 15 is 0 Å². The van der Waals surface area contributed by atoms with Crippen molar-refractivity contribution in [2.75, 3.05) is 43.4 Å². The van der Waals surface area contributed by atoms with Gasteiger partial charge in [-0.2, -0.15) is 0 Å². The number of hydrogen-bond donors (Lipinski definition) is 3. The summed E-state index contributed by atoms with van der Waals surface area (Å²) in [6.07, 6.45) is 5.97. The predicted molar refractivity (Wildman–Crippen MR) is 124 cm³/mol. The standard InChI is InChI=1S/C23H27N5OS/c24-20-19-18-3-1-2-16(18)14-27-23(19)30-21(20)22(29)26-9-8-15-4-6-17(7-5-15)28-12-10-25-11-13-28/h4-7,14,25H,1-3,8-13,24H2,(H,26,29). The zero-order valence-corrected chi connectivity index (χ0v) is 17.9. The Morgan fingerprint density at radius 1 is 1.20 bits per heavy atom. The van der Waals surface area contributed by atoms with Crippen LogP contribution in [0.25, 0.3) is 10.2 Å². The maximum absolute atomic E-state index is 12.8. The van der Waals surface area contributed by atoms with Gasteiger partial charge in [0.25, 0.3) is 5.91 Å². The van der Waals surface area contributed by atoms with Gasteiger partial charge >= 0.3 is 0 Å². The molecule has 1 amide bonds. The van der Waals surface area contributed by atoms with Crippen LogP contribution in [0.5, 0.6) is 0 Å². The highest BCUT2D eigenvalue weighted by molar-refractivity contribution is 7.21. The zero-order valence-electron chi connectivity index (χ0n) is 17.0. The number of aromatic nitrogens is 1. The highest BCUT2D eigenvalue weighted by Crippen LogP contribution is 2.38. The molecule has 156 valence electrons. The second-order valence-corrected chi connectivity index (χ2v) is 9.05. The first-order chi connectivity index (χ1) is 14.7. The minimum atomic E-state index is -0.0975. The molecule has 5 rings (SSSR count). The largest absolute Gasteiger partial charge is 0.397 e. The number of nitrogens with zero attached hydrogens (tertiary/aromatic N) is 2. The van der Waals surface area contributed by atoms with E-state index in [4.69, 9.17) is 5.73 Å². The molecule has 2 aromatic heterocycles. The van der Waals surface area contributed by atoms with Gasteiger partial charge in [0.1, 0.15) is 9.71 Å². The van der Waals surface area contributed by atoms with Crippen molar-refractivity contribution in [2.24, 2.45) is 0 Å². The molecule has 0 atom stereocenters. The van der Waals surface area contributed by atoms with Gasteiger partial charge < -0.3 is 21.3 Å². The third kappa shape index (κ3) is 3.63. The highest BCUT2D eigenvalue weighted by Gasteiger charge is 2.23. The Bertz CT molecular complexity index is 1070. The van der Waals surface area contributed by atoms with E-state index < -0.39 is 0 Å². The number of carbonyl (C=O) groups excluding carboxylic acids is 1. The summed E-state index contributed by atoms with van der Waals surface area (Å²) in [7, 11) is 0. The molecule has 2 aliphatic rings. The van der Waals surface area contributed by atoms with E-state index in [0.29, 0.717) is 17.1 Å². The van der Waals surface area contributed by atoms with Gasteiger partial charge in [-0.1, -0.05) is 12.1 Å². The highest BCUT2D eigenvalue weighted by atomic mass is 32.1. The number of benzene rings is 1. The smallest absolute Gasteiger partial charge is 0.263 e. The molecule has 0 saturated carbocycles. The molecule has 0 radical (unpaired) electrons. The van der Waals surface area contributed by atoms with Crippen LogP contribution in [0.4, 0.5) is 11.4 Å². The molecule has 4 N–H and O–H groups in total. The Hall–Kier alpha value is -2.64. The summed E-state index contributed by atoms with van der Waals surface area (Å²) in [6, 6.07) is 8.67. The lowest BCUT2D eigenvalue weighted by atomic mass is 10.1. The van der Waals surface area contributed by atoms with E-state index in [2.05, 4.69) is 44.8 Å². The predicted octanol–water partition coefficient (Wildman–Crippen LogP) is 2.75. The van der Waals surface area contributed by atoms with Crippen LogP contribution in [0, 0.1) is 0 Å². The van der Waals surface area contributed by atoms with Gasteiger partial charge in [-0.05, 0) is 54.5 Å². The number of rotatable bonds is 5. The molecule has 1 aliphatic heterocycles. The molecule has 1 aromatic carbocycles. The molecular formula is C23H27N5OS. The van der Waals surface area contributed by atoms with Crippen LogP contribution < -0.4 is 21.3 Å². The quantitative estimate of drug-likeness (QED) is 0.590. The van der Waals surface area contributed by atoms with E-state index in [9.17, 15) is 4.79 Å². The summed E-state index contributed by atoms with van der Waals surface area (Å²) < 4.78 is 0. The van der Waals surface area contributed by atoms with Gasteiger partial charge in [0, 0.05) is 50.0 Å². The third-order valence-corrected chi connectivity index (χ3v) is 7.26. The second kappa shape index (κ2) is 8.24. The van der Waals surface area contributed by atoms with Crippen LogP contribution in [0.15, 0.2) is 30.5 Å². The molecule has 3 heterocycles. The van der Waals surface area contributed by atoms with Crippen LogP contribution in [-0.2, 0) is 19.3 Å². The van der Waals surface area contributed by atoms with Gasteiger partial charge in [-0.25, -0.2) is 4.98 Å². The number of anilines is 2. The zero-order chi connectivity index (χ0) is 20.5. The van der Waals surface area contributed by atoms with Crippen LogP contribution in [0.1, 0.15) is 32.8 Å². The van der Waals surface area contributed by atoms with Gasteiger partial charge in [-0.3, -0.25) is 4.79 Å². The lowest BCUT2D eigenvalue weighted by Crippen LogP contribution is -2.43. The maximum atomic E-state index is 12.8. The number of nitrogens with two attached hydrogens (primary N) is 1. The second-order valence-electron chi connectivity index (χ2n) is 8.05. The molecule has 0 unspecified atom stereocenters. The Balaban J connectivity index is 1.22. The van der Waals surface area contributed by atoms with Crippen molar-refractivity contribution in [2.45, 2.75) is 25.7 Å². The molecule has 1 saturated heterocycles. The average molecular weight is 422 g/mol. The third-order valence-electron chi connectivity index (χ3n) is 6.15. The fraction of sp³-hybridized carbons (Fsp3) is 0.391. The molecule has 30 heavy (non-hydrogen) atoms. The van der Waals surface area contributed by atoms with Gasteiger partial charge in [0.15, 0.2) is 0 Å². The van der Waals surface area contributed by atoms with E-state index in [-0.39, 0.29) is 5.91 Å². The number of piperazine rings is 1. The van der Waals surface area contributed by atoms with Gasteiger partial charge in [0.2, 0.25) is 0 Å². The topological polar surface area (TPSA) is 83.3 Å². The number of aryl methyl sites for hydroxylation is 2. The first-order valence-electron chi connectivity index (χ1n) is 10.7. The Kier molecular flexibility index (Phi) is 5.31. The fourth-order valence-corrected chi connectivity index (χ4v) is 5.52. The van der Waals surface area contributed by atoms with Crippen LogP contribution >= 0.6 is 11.3 Å². The van der Waals surface area contributed by atoms with Crippen molar-refractivity contribution in [3.8, 4) is 0 Å². The summed E-state index contributed by atoms with van der Waals surface area (Å²) in [6.45, 7) is 4.75. The normalized spacial score (nSPS) is 16.1. The number of nitrogens with one attached hydrogen (secondary N) is 2. The van der Waals surface area contributed by atoms with Gasteiger partial charge in [-0.15, -0.1) is 11.3 Å². The number of thiophene rings is 1. The first kappa shape index (κ1) is 19.3. The monoisotopic (exact) mass is 421 g/mol. The summed E-state index contributed by atoms with van der Waals surface area (Å²) in [5, 5.41) is 7.42. The van der Waals surface area contributed by atoms with E-state index in [1.54, 1.807) is 0 Å². The van der Waals surface area contributed by atoms with Crippen LogP contribution in [-0.4, -0.2) is 43.6 Å². The molecule has 6 nitrogen and oxygen atoms in total. The van der Waals surface area contributed by atoms with Crippen molar-refractivity contribution in [3.63, 3.8) is 0 Å². The molecule has 3 aromatic rings. The number of nitrogen functional groups attached to an aromatic ring is 1. The van der Waals surface area contributed by atoms with Crippen molar-refractivity contribution >= 4 is 38.8 Å². The van der Waals surface area contributed by atoms with E-state index in [0.717, 1.165) is 62.1 Å². The Morgan fingerprint density at radius 2 is 2.00 bits per heavy atom. The molecule has 7 heteroatoms. The lowest BCUT2D eigenvalue weighted by Gasteiger charge is -2.29. The molecule has 1 aliphatic carbocycles. The lowest BCUT2D eigenvalue weighted by molar-refractivity contribution is 0.0959. The first-order valence-corrected chi connectivity index (χ1v) is 11.5. The SMILES string of the molecule is Nc1c(C(=O)NCCc2ccc(N3CCNCC3)cc2)sc2ncc3c(c12)CCC3. The minimum absolute atomic E-state index is 0.0975. The van der Waals surface area contributed by atoms with Gasteiger partial charge in [0.05, 0.1) is 5.69 Å². The number of pyridine rings is 1. The Morgan fingerprint density at radius 3 is 2.80 bits per heavy atom. The van der Waals surface area contributed by atoms with E-state index in [1.165, 1.54) is 33.7 Å². The van der Waals surface area contributed by atoms with E-state index in [1.807, 2.05) is 6.20 Å². The molecule has 0 bridgehead atoms. The molecule has 1 fully saturated rings. The number of carbonyl (C=O) groups is 1. The van der Waals surface area contributed by atoms with Crippen molar-refractivity contribution in [3.05, 3.63) is 52.0 Å². The number of amides is 1. The Labute approximate surface area is 180 Å². The summed E-state index contributed by atoms with van der Waals surface area (Å²) >= 11 is 1.40. The molecule has 0 spiro atoms.